The number of nitrogens with zero attached hydrogens (tertiary/aromatic N) is 3. The van der Waals surface area contributed by atoms with E-state index in [2.05, 4.69) is 42.9 Å². The molecule has 8 heteroatoms. The number of amidine groups is 1. The minimum absolute atomic E-state index is 0.0354. The molecule has 1 fully saturated rings. The number of carbonyl (C=O) groups excluding carboxylic acids is 1. The molecule has 0 radical (unpaired) electrons. The Morgan fingerprint density at radius 2 is 1.83 bits per heavy atom. The van der Waals surface area contributed by atoms with E-state index in [1.54, 1.807) is 18.2 Å². The van der Waals surface area contributed by atoms with Gasteiger partial charge in [-0.2, -0.15) is 4.99 Å². The van der Waals surface area contributed by atoms with E-state index in [-0.39, 0.29) is 11.7 Å². The van der Waals surface area contributed by atoms with Crippen molar-refractivity contribution in [3.63, 3.8) is 0 Å². The van der Waals surface area contributed by atoms with Gasteiger partial charge in [0.2, 0.25) is 0 Å². The number of hydrogen-bond donors (Lipinski definition) is 1. The molecule has 0 spiro atoms. The van der Waals surface area contributed by atoms with Crippen LogP contribution in [0.3, 0.4) is 0 Å². The normalized spacial score (nSPS) is 18.3. The molecule has 150 valence electrons. The molecule has 6 nitrogen and oxygen atoms in total. The van der Waals surface area contributed by atoms with Crippen molar-refractivity contribution in [2.45, 2.75) is 0 Å². The number of phenolic OH excluding ortho intramolecular Hbond substituents is 1. The zero-order valence-corrected chi connectivity index (χ0v) is 18.2. The van der Waals surface area contributed by atoms with E-state index in [0.717, 1.165) is 36.9 Å². The molecule has 1 saturated heterocycles. The number of halogens is 1. The Kier molecular flexibility index (Phi) is 5.82. The molecule has 2 aromatic rings. The average Bonchev–Trinajstić information content (AvgIpc) is 3.11. The van der Waals surface area contributed by atoms with Gasteiger partial charge in [-0.3, -0.25) is 4.79 Å². The number of aromatic hydroxyl groups is 1. The lowest BCUT2D eigenvalue weighted by atomic mass is 10.2. The summed E-state index contributed by atoms with van der Waals surface area (Å²) in [5.41, 5.74) is 1.98. The Labute approximate surface area is 182 Å². The van der Waals surface area contributed by atoms with Crippen LogP contribution in [0.15, 0.2) is 56.8 Å². The summed E-state index contributed by atoms with van der Waals surface area (Å²) in [5, 5.41) is 10.7. The first-order valence-electron chi connectivity index (χ1n) is 9.19. The molecule has 2 aliphatic heterocycles. The summed E-state index contributed by atoms with van der Waals surface area (Å²) in [6.45, 7) is 3.41. The number of aliphatic imine (C=N–C) groups is 1. The number of ether oxygens (including phenoxy) is 1. The molecule has 0 aliphatic carbocycles. The summed E-state index contributed by atoms with van der Waals surface area (Å²) in [6, 6.07) is 13.8. The molecule has 1 N–H and O–H groups in total. The summed E-state index contributed by atoms with van der Waals surface area (Å²) >= 11 is 4.70. The number of carbonyl (C=O) groups is 1. The van der Waals surface area contributed by atoms with E-state index in [1.165, 1.54) is 24.6 Å². The third kappa shape index (κ3) is 4.28. The van der Waals surface area contributed by atoms with Crippen molar-refractivity contribution in [2.75, 3.05) is 38.2 Å². The quantitative estimate of drug-likeness (QED) is 0.680. The highest BCUT2D eigenvalue weighted by molar-refractivity contribution is 9.10. The van der Waals surface area contributed by atoms with E-state index >= 15 is 0 Å². The second-order valence-corrected chi connectivity index (χ2v) is 8.54. The number of benzene rings is 2. The predicted molar refractivity (Wildman–Crippen MR) is 121 cm³/mol. The Morgan fingerprint density at radius 3 is 2.52 bits per heavy atom. The first-order valence-corrected chi connectivity index (χ1v) is 10.8. The standard InChI is InChI=1S/C21H20BrN3O3S/c1-28-17-12-14(11-16(22)19(17)26)13-18-20(27)23-21(29-18)25-9-7-24(8-10-25)15-5-3-2-4-6-15/h2-6,11-13,26H,7-10H2,1H3/b18-13+. The van der Waals surface area contributed by atoms with Gasteiger partial charge in [0.05, 0.1) is 16.5 Å². The van der Waals surface area contributed by atoms with Gasteiger partial charge in [0.1, 0.15) is 0 Å². The summed E-state index contributed by atoms with van der Waals surface area (Å²) in [5.74, 6) is 0.145. The maximum Gasteiger partial charge on any atom is 0.286 e. The third-order valence-electron chi connectivity index (χ3n) is 4.85. The zero-order valence-electron chi connectivity index (χ0n) is 15.8. The van der Waals surface area contributed by atoms with Crippen molar-refractivity contribution in [2.24, 2.45) is 4.99 Å². The lowest BCUT2D eigenvalue weighted by Crippen LogP contribution is -2.47. The van der Waals surface area contributed by atoms with E-state index < -0.39 is 0 Å². The second kappa shape index (κ2) is 8.51. The highest BCUT2D eigenvalue weighted by Crippen LogP contribution is 2.37. The fraction of sp³-hybridized carbons (Fsp3) is 0.238. The SMILES string of the molecule is COc1cc(/C=C2/SC(N3CCN(c4ccccc4)CC3)=NC2=O)cc(Br)c1O. The summed E-state index contributed by atoms with van der Waals surface area (Å²) < 4.78 is 5.69. The highest BCUT2D eigenvalue weighted by atomic mass is 79.9. The van der Waals surface area contributed by atoms with Crippen LogP contribution in [-0.4, -0.2) is 54.4 Å². The molecular weight excluding hydrogens is 454 g/mol. The lowest BCUT2D eigenvalue weighted by Gasteiger charge is -2.36. The smallest absolute Gasteiger partial charge is 0.286 e. The van der Waals surface area contributed by atoms with Gasteiger partial charge in [-0.05, 0) is 63.6 Å². The number of methoxy groups -OCH3 is 1. The fourth-order valence-corrected chi connectivity index (χ4v) is 4.74. The average molecular weight is 474 g/mol. The van der Waals surface area contributed by atoms with Crippen molar-refractivity contribution in [1.82, 2.24) is 4.90 Å². The number of phenols is 1. The van der Waals surface area contributed by atoms with Gasteiger partial charge in [-0.25, -0.2) is 0 Å². The van der Waals surface area contributed by atoms with Gasteiger partial charge in [0, 0.05) is 31.9 Å². The molecule has 2 aliphatic rings. The molecule has 2 aromatic carbocycles. The Hall–Kier alpha value is -2.45. The molecule has 0 atom stereocenters. The van der Waals surface area contributed by atoms with Crippen LogP contribution in [0.25, 0.3) is 6.08 Å². The predicted octanol–water partition coefficient (Wildman–Crippen LogP) is 3.96. The van der Waals surface area contributed by atoms with Gasteiger partial charge in [0.15, 0.2) is 16.7 Å². The van der Waals surface area contributed by atoms with Crippen molar-refractivity contribution >= 4 is 50.5 Å². The summed E-state index contributed by atoms with van der Waals surface area (Å²) in [7, 11) is 1.49. The number of thioether (sulfide) groups is 1. The molecular formula is C21H20BrN3O3S. The van der Waals surface area contributed by atoms with E-state index in [1.807, 2.05) is 18.2 Å². The number of anilines is 1. The lowest BCUT2D eigenvalue weighted by molar-refractivity contribution is -0.113. The van der Waals surface area contributed by atoms with Crippen molar-refractivity contribution in [3.05, 3.63) is 57.4 Å². The molecule has 1 amide bonds. The van der Waals surface area contributed by atoms with Crippen LogP contribution in [0.5, 0.6) is 11.5 Å². The number of para-hydroxylation sites is 1. The Bertz CT molecular complexity index is 986. The molecule has 0 bridgehead atoms. The van der Waals surface area contributed by atoms with Gasteiger partial charge >= 0.3 is 0 Å². The molecule has 0 saturated carbocycles. The summed E-state index contributed by atoms with van der Waals surface area (Å²) in [4.78, 5) is 21.7. The Balaban J connectivity index is 1.44. The molecule has 0 unspecified atom stereocenters. The second-order valence-electron chi connectivity index (χ2n) is 6.67. The first-order chi connectivity index (χ1) is 14.0. The van der Waals surface area contributed by atoms with Crippen LogP contribution in [0.2, 0.25) is 0 Å². The van der Waals surface area contributed by atoms with E-state index in [9.17, 15) is 9.90 Å². The van der Waals surface area contributed by atoms with Gasteiger partial charge in [0.25, 0.3) is 5.91 Å². The third-order valence-corrected chi connectivity index (χ3v) is 6.50. The first kappa shape index (κ1) is 19.8. The fourth-order valence-electron chi connectivity index (χ4n) is 3.31. The minimum atomic E-state index is -0.237. The van der Waals surface area contributed by atoms with Crippen molar-refractivity contribution in [3.8, 4) is 11.5 Å². The molecule has 4 rings (SSSR count). The molecule has 2 heterocycles. The number of hydrogen-bond acceptors (Lipinski definition) is 6. The maximum atomic E-state index is 12.4. The van der Waals surface area contributed by atoms with E-state index in [0.29, 0.717) is 15.1 Å². The largest absolute Gasteiger partial charge is 0.503 e. The van der Waals surface area contributed by atoms with Gasteiger partial charge in [-0.15, -0.1) is 0 Å². The van der Waals surface area contributed by atoms with Gasteiger partial charge in [-0.1, -0.05) is 18.2 Å². The molecule has 0 aromatic heterocycles. The van der Waals surface area contributed by atoms with Crippen LogP contribution >= 0.6 is 27.7 Å². The topological polar surface area (TPSA) is 65.4 Å². The summed E-state index contributed by atoms with van der Waals surface area (Å²) in [6.07, 6.45) is 1.77. The van der Waals surface area contributed by atoms with Crippen molar-refractivity contribution in [1.29, 1.82) is 0 Å². The van der Waals surface area contributed by atoms with Crippen molar-refractivity contribution < 1.29 is 14.6 Å². The van der Waals surface area contributed by atoms with Crippen LogP contribution in [0.4, 0.5) is 5.69 Å². The van der Waals surface area contributed by atoms with Crippen LogP contribution in [0.1, 0.15) is 5.56 Å². The van der Waals surface area contributed by atoms with Crippen LogP contribution in [0, 0.1) is 0 Å². The maximum absolute atomic E-state index is 12.4. The van der Waals surface area contributed by atoms with Crippen LogP contribution in [-0.2, 0) is 4.79 Å². The van der Waals surface area contributed by atoms with Gasteiger partial charge < -0.3 is 19.6 Å². The van der Waals surface area contributed by atoms with E-state index in [4.69, 9.17) is 4.74 Å². The minimum Gasteiger partial charge on any atom is -0.503 e. The monoisotopic (exact) mass is 473 g/mol. The number of piperazine rings is 1. The number of rotatable bonds is 3. The Morgan fingerprint density at radius 1 is 1.14 bits per heavy atom. The molecule has 29 heavy (non-hydrogen) atoms. The van der Waals surface area contributed by atoms with Crippen LogP contribution < -0.4 is 9.64 Å². The zero-order chi connectivity index (χ0) is 20.4. The number of amides is 1. The highest BCUT2D eigenvalue weighted by Gasteiger charge is 2.28.